The standard InChI is InChI=1S/C40H46O/c1-11-28-41-36-26-24-35(25-27-36)40(32-18-12-29(13-19-32)37(2,3)4,33-20-14-30(15-21-33)38(5,6)7)34-22-16-31(17-23-34)39(8,9)10/h12-27H,1-10H3. The Hall–Kier alpha value is -3.76. The summed E-state index contributed by atoms with van der Waals surface area (Å²) >= 11 is 0. The van der Waals surface area contributed by atoms with Gasteiger partial charge in [-0.2, -0.15) is 0 Å². The Labute approximate surface area is 249 Å². The average molecular weight is 543 g/mol. The number of benzene rings is 4. The fourth-order valence-electron chi connectivity index (χ4n) is 5.54. The molecule has 0 fully saturated rings. The molecule has 41 heavy (non-hydrogen) atoms. The molecule has 0 heterocycles. The zero-order valence-electron chi connectivity index (χ0n) is 26.6. The molecule has 0 bridgehead atoms. The first-order valence-electron chi connectivity index (χ1n) is 14.7. The normalized spacial score (nSPS) is 12.4. The van der Waals surface area contributed by atoms with Crippen molar-refractivity contribution in [2.75, 3.05) is 0 Å². The lowest BCUT2D eigenvalue weighted by Crippen LogP contribution is -2.31. The minimum absolute atomic E-state index is 0.0726. The van der Waals surface area contributed by atoms with Crippen molar-refractivity contribution in [3.63, 3.8) is 0 Å². The lowest BCUT2D eigenvalue weighted by atomic mass is 9.64. The van der Waals surface area contributed by atoms with Crippen molar-refractivity contribution in [1.82, 2.24) is 0 Å². The van der Waals surface area contributed by atoms with Crippen LogP contribution in [-0.2, 0) is 21.7 Å². The smallest absolute Gasteiger partial charge is 0.140 e. The minimum Gasteiger partial charge on any atom is -0.408 e. The predicted octanol–water partition coefficient (Wildman–Crippen LogP) is 10.3. The van der Waals surface area contributed by atoms with Gasteiger partial charge >= 0.3 is 0 Å². The van der Waals surface area contributed by atoms with E-state index in [1.54, 1.807) is 6.92 Å². The van der Waals surface area contributed by atoms with E-state index in [1.807, 2.05) is 12.1 Å². The van der Waals surface area contributed by atoms with Gasteiger partial charge in [-0.15, -0.1) is 0 Å². The summed E-state index contributed by atoms with van der Waals surface area (Å²) in [5.41, 5.74) is 8.55. The maximum atomic E-state index is 5.64. The van der Waals surface area contributed by atoms with Gasteiger partial charge in [0.1, 0.15) is 11.9 Å². The summed E-state index contributed by atoms with van der Waals surface area (Å²) in [6.07, 6.45) is 2.73. The van der Waals surface area contributed by atoms with Gasteiger partial charge in [-0.05, 0) is 67.3 Å². The molecule has 0 aliphatic carbocycles. The van der Waals surface area contributed by atoms with Crippen LogP contribution < -0.4 is 4.74 Å². The molecular weight excluding hydrogens is 496 g/mol. The summed E-state index contributed by atoms with van der Waals surface area (Å²) in [5.74, 6) is 3.56. The molecule has 0 spiro atoms. The van der Waals surface area contributed by atoms with E-state index >= 15 is 0 Å². The van der Waals surface area contributed by atoms with Crippen LogP contribution in [0.25, 0.3) is 0 Å². The summed E-state index contributed by atoms with van der Waals surface area (Å²) < 4.78 is 5.64. The van der Waals surface area contributed by atoms with E-state index in [0.29, 0.717) is 0 Å². The van der Waals surface area contributed by atoms with Crippen molar-refractivity contribution in [2.45, 2.75) is 90.9 Å². The number of ether oxygens (including phenoxy) is 1. The summed E-state index contributed by atoms with van der Waals surface area (Å²) in [4.78, 5) is 0. The van der Waals surface area contributed by atoms with E-state index in [4.69, 9.17) is 4.74 Å². The Morgan fingerprint density at radius 1 is 0.390 bits per heavy atom. The van der Waals surface area contributed by atoms with Gasteiger partial charge in [-0.3, -0.25) is 0 Å². The Morgan fingerprint density at radius 2 is 0.634 bits per heavy atom. The van der Waals surface area contributed by atoms with Gasteiger partial charge in [0.2, 0.25) is 0 Å². The lowest BCUT2D eigenvalue weighted by Gasteiger charge is -2.38. The fraction of sp³-hybridized carbons (Fsp3) is 0.350. The van der Waals surface area contributed by atoms with Crippen molar-refractivity contribution < 1.29 is 4.74 Å². The first-order valence-corrected chi connectivity index (χ1v) is 14.7. The van der Waals surface area contributed by atoms with Crippen LogP contribution >= 0.6 is 0 Å². The summed E-state index contributed by atoms with van der Waals surface area (Å²) in [6, 6.07) is 36.2. The fourth-order valence-corrected chi connectivity index (χ4v) is 5.54. The van der Waals surface area contributed by atoms with Crippen LogP contribution in [0.4, 0.5) is 0 Å². The van der Waals surface area contributed by atoms with Gasteiger partial charge in [0.15, 0.2) is 0 Å². The largest absolute Gasteiger partial charge is 0.408 e. The van der Waals surface area contributed by atoms with Crippen molar-refractivity contribution in [1.29, 1.82) is 0 Å². The number of rotatable bonds is 5. The molecule has 4 aromatic rings. The Kier molecular flexibility index (Phi) is 8.29. The highest BCUT2D eigenvalue weighted by Gasteiger charge is 2.39. The van der Waals surface area contributed by atoms with Crippen LogP contribution in [0, 0.1) is 12.0 Å². The molecule has 0 N–H and O–H groups in total. The zero-order valence-corrected chi connectivity index (χ0v) is 26.6. The molecule has 0 aliphatic rings. The lowest BCUT2D eigenvalue weighted by molar-refractivity contribution is 0.519. The van der Waals surface area contributed by atoms with Crippen LogP contribution in [0.15, 0.2) is 97.1 Å². The zero-order chi connectivity index (χ0) is 30.1. The van der Waals surface area contributed by atoms with Gasteiger partial charge in [0, 0.05) is 6.92 Å². The highest BCUT2D eigenvalue weighted by molar-refractivity contribution is 5.61. The van der Waals surface area contributed by atoms with Crippen molar-refractivity contribution in [3.8, 4) is 17.8 Å². The van der Waals surface area contributed by atoms with E-state index in [9.17, 15) is 0 Å². The maximum Gasteiger partial charge on any atom is 0.140 e. The second kappa shape index (κ2) is 11.3. The van der Waals surface area contributed by atoms with Gasteiger partial charge < -0.3 is 4.74 Å². The monoisotopic (exact) mass is 542 g/mol. The first kappa shape index (κ1) is 30.2. The second-order valence-electron chi connectivity index (χ2n) is 14.2. The van der Waals surface area contributed by atoms with Gasteiger partial charge in [0.25, 0.3) is 0 Å². The molecule has 4 rings (SSSR count). The first-order chi connectivity index (χ1) is 19.2. The third-order valence-electron chi connectivity index (χ3n) is 8.11. The van der Waals surface area contributed by atoms with Crippen molar-refractivity contribution >= 4 is 0 Å². The van der Waals surface area contributed by atoms with Crippen molar-refractivity contribution in [3.05, 3.63) is 136 Å². The number of hydrogen-bond acceptors (Lipinski definition) is 1. The second-order valence-corrected chi connectivity index (χ2v) is 14.2. The molecule has 1 nitrogen and oxygen atoms in total. The molecule has 1 heteroatoms. The van der Waals surface area contributed by atoms with Gasteiger partial charge in [-0.25, -0.2) is 0 Å². The van der Waals surface area contributed by atoms with Crippen LogP contribution in [0.5, 0.6) is 5.75 Å². The van der Waals surface area contributed by atoms with E-state index < -0.39 is 5.41 Å². The SMILES string of the molecule is CC#COc1ccc(C(c2ccc(C(C)(C)C)cc2)(c2ccc(C(C)(C)C)cc2)c2ccc(C(C)(C)C)cc2)cc1. The van der Waals surface area contributed by atoms with E-state index in [-0.39, 0.29) is 16.2 Å². The van der Waals surface area contributed by atoms with Crippen LogP contribution in [0.2, 0.25) is 0 Å². The van der Waals surface area contributed by atoms with Crippen LogP contribution in [0.3, 0.4) is 0 Å². The molecule has 0 radical (unpaired) electrons. The third-order valence-corrected chi connectivity index (χ3v) is 8.11. The molecule has 0 amide bonds. The van der Waals surface area contributed by atoms with Gasteiger partial charge in [-0.1, -0.05) is 153 Å². The predicted molar refractivity (Wildman–Crippen MR) is 175 cm³/mol. The third kappa shape index (κ3) is 6.28. The summed E-state index contributed by atoms with van der Waals surface area (Å²) in [5, 5.41) is 0. The van der Waals surface area contributed by atoms with E-state index in [0.717, 1.165) is 5.75 Å². The summed E-state index contributed by atoms with van der Waals surface area (Å²) in [7, 11) is 0. The van der Waals surface area contributed by atoms with Crippen LogP contribution in [0.1, 0.15) is 108 Å². The number of hydrogen-bond donors (Lipinski definition) is 0. The molecule has 0 aromatic heterocycles. The Bertz CT molecular complexity index is 1360. The highest BCUT2D eigenvalue weighted by atomic mass is 16.5. The molecule has 0 atom stereocenters. The molecule has 0 aliphatic heterocycles. The van der Waals surface area contributed by atoms with E-state index in [1.165, 1.54) is 38.9 Å². The molecule has 212 valence electrons. The summed E-state index contributed by atoms with van der Waals surface area (Å²) in [6.45, 7) is 22.2. The molecule has 4 aromatic carbocycles. The highest BCUT2D eigenvalue weighted by Crippen LogP contribution is 2.46. The average Bonchev–Trinajstić information content (AvgIpc) is 2.92. The Balaban J connectivity index is 2.06. The maximum absolute atomic E-state index is 5.64. The Morgan fingerprint density at radius 3 is 0.878 bits per heavy atom. The van der Waals surface area contributed by atoms with Crippen molar-refractivity contribution in [2.24, 2.45) is 0 Å². The topological polar surface area (TPSA) is 9.23 Å². The van der Waals surface area contributed by atoms with Gasteiger partial charge in [0.05, 0.1) is 5.41 Å². The molecule has 0 saturated carbocycles. The van der Waals surface area contributed by atoms with E-state index in [2.05, 4.69) is 159 Å². The quantitative estimate of drug-likeness (QED) is 0.180. The minimum atomic E-state index is -0.530. The molecule has 0 unspecified atom stereocenters. The molecular formula is C40H46O. The van der Waals surface area contributed by atoms with Crippen LogP contribution in [-0.4, -0.2) is 0 Å². The molecule has 0 saturated heterocycles.